The summed E-state index contributed by atoms with van der Waals surface area (Å²) in [5.74, 6) is 1.88. The van der Waals surface area contributed by atoms with E-state index in [1.54, 1.807) is 0 Å². The van der Waals surface area contributed by atoms with E-state index in [1.807, 2.05) is 13.1 Å². The Bertz CT molecular complexity index is 532. The first-order chi connectivity index (χ1) is 12.8. The van der Waals surface area contributed by atoms with E-state index in [9.17, 15) is 0 Å². The van der Waals surface area contributed by atoms with Crippen molar-refractivity contribution in [2.24, 2.45) is 4.99 Å². The zero-order chi connectivity index (χ0) is 18.6. The average Bonchev–Trinajstić information content (AvgIpc) is 2.70. The van der Waals surface area contributed by atoms with E-state index in [2.05, 4.69) is 56.4 Å². The normalized spacial score (nSPS) is 15.4. The number of aliphatic imine (C=N–C) groups is 1. The molecule has 0 unspecified atom stereocenters. The maximum Gasteiger partial charge on any atom is 0.191 e. The fraction of sp³-hybridized carbons (Fsp3) is 0.684. The van der Waals surface area contributed by atoms with Crippen LogP contribution in [0.2, 0.25) is 0 Å². The quantitative estimate of drug-likeness (QED) is 0.239. The van der Waals surface area contributed by atoms with Crippen molar-refractivity contribution in [1.82, 2.24) is 20.5 Å². The number of halogens is 1. The van der Waals surface area contributed by atoms with Crippen molar-refractivity contribution in [3.8, 4) is 0 Å². The van der Waals surface area contributed by atoms with Crippen LogP contribution >= 0.6 is 24.0 Å². The summed E-state index contributed by atoms with van der Waals surface area (Å²) in [7, 11) is 0. The van der Waals surface area contributed by atoms with Crippen LogP contribution in [0.3, 0.4) is 0 Å². The smallest absolute Gasteiger partial charge is 0.191 e. The number of ether oxygens (including phenoxy) is 1. The molecule has 1 aliphatic heterocycles. The molecule has 0 spiro atoms. The van der Waals surface area contributed by atoms with Crippen molar-refractivity contribution in [1.29, 1.82) is 0 Å². The SMILES string of the molecule is CCNC(=NCc1ccc(N2CCN(CC)CC2)nc1)NCCOCC.I. The first-order valence-corrected chi connectivity index (χ1v) is 9.79. The van der Waals surface area contributed by atoms with E-state index in [-0.39, 0.29) is 24.0 Å². The highest BCUT2D eigenvalue weighted by atomic mass is 127. The number of anilines is 1. The Balaban J connectivity index is 0.00000364. The molecule has 2 N–H and O–H groups in total. The van der Waals surface area contributed by atoms with Gasteiger partial charge in [-0.25, -0.2) is 9.98 Å². The molecule has 0 amide bonds. The lowest BCUT2D eigenvalue weighted by Crippen LogP contribution is -2.46. The summed E-state index contributed by atoms with van der Waals surface area (Å²) in [6.07, 6.45) is 1.94. The van der Waals surface area contributed by atoms with E-state index in [0.29, 0.717) is 13.2 Å². The molecule has 2 heterocycles. The van der Waals surface area contributed by atoms with Gasteiger partial charge in [-0.05, 0) is 32.0 Å². The van der Waals surface area contributed by atoms with Crippen LogP contribution in [0, 0.1) is 0 Å². The molecule has 27 heavy (non-hydrogen) atoms. The predicted molar refractivity (Wildman–Crippen MR) is 123 cm³/mol. The van der Waals surface area contributed by atoms with Gasteiger partial charge in [-0.3, -0.25) is 0 Å². The Morgan fingerprint density at radius 3 is 2.52 bits per heavy atom. The fourth-order valence-electron chi connectivity index (χ4n) is 2.89. The van der Waals surface area contributed by atoms with Gasteiger partial charge in [-0.2, -0.15) is 0 Å². The van der Waals surface area contributed by atoms with Gasteiger partial charge in [0.15, 0.2) is 5.96 Å². The summed E-state index contributed by atoms with van der Waals surface area (Å²) in [6, 6.07) is 4.24. The summed E-state index contributed by atoms with van der Waals surface area (Å²) in [5, 5.41) is 6.53. The van der Waals surface area contributed by atoms with Crippen LogP contribution in [-0.2, 0) is 11.3 Å². The van der Waals surface area contributed by atoms with Crippen LogP contribution in [0.25, 0.3) is 0 Å². The Labute approximate surface area is 181 Å². The molecule has 1 aliphatic rings. The molecular formula is C19H35IN6O. The summed E-state index contributed by atoms with van der Waals surface area (Å²) >= 11 is 0. The number of rotatable bonds is 9. The third kappa shape index (κ3) is 8.61. The second-order valence-corrected chi connectivity index (χ2v) is 6.26. The minimum absolute atomic E-state index is 0. The van der Waals surface area contributed by atoms with Crippen LogP contribution in [0.1, 0.15) is 26.3 Å². The zero-order valence-corrected chi connectivity index (χ0v) is 19.2. The molecule has 0 radical (unpaired) electrons. The minimum Gasteiger partial charge on any atom is -0.380 e. The number of hydrogen-bond donors (Lipinski definition) is 2. The molecule has 7 nitrogen and oxygen atoms in total. The highest BCUT2D eigenvalue weighted by molar-refractivity contribution is 14.0. The van der Waals surface area contributed by atoms with Crippen LogP contribution in [-0.4, -0.2) is 74.9 Å². The van der Waals surface area contributed by atoms with Gasteiger partial charge in [0.25, 0.3) is 0 Å². The summed E-state index contributed by atoms with van der Waals surface area (Å²) in [6.45, 7) is 15.4. The fourth-order valence-corrected chi connectivity index (χ4v) is 2.89. The summed E-state index contributed by atoms with van der Waals surface area (Å²) < 4.78 is 5.35. The number of aromatic nitrogens is 1. The van der Waals surface area contributed by atoms with Gasteiger partial charge in [0, 0.05) is 52.1 Å². The maximum absolute atomic E-state index is 5.35. The van der Waals surface area contributed by atoms with Crippen LogP contribution < -0.4 is 15.5 Å². The number of nitrogens with one attached hydrogen (secondary N) is 2. The predicted octanol–water partition coefficient (Wildman–Crippen LogP) is 1.93. The Morgan fingerprint density at radius 1 is 1.15 bits per heavy atom. The van der Waals surface area contributed by atoms with Crippen molar-refractivity contribution in [2.75, 3.05) is 63.9 Å². The first-order valence-electron chi connectivity index (χ1n) is 9.79. The number of nitrogens with zero attached hydrogens (tertiary/aromatic N) is 4. The Kier molecular flexibility index (Phi) is 12.4. The van der Waals surface area contributed by atoms with E-state index in [4.69, 9.17) is 4.74 Å². The van der Waals surface area contributed by atoms with Crippen molar-refractivity contribution in [3.63, 3.8) is 0 Å². The van der Waals surface area contributed by atoms with Gasteiger partial charge in [0.1, 0.15) is 5.82 Å². The Hall–Kier alpha value is -1.13. The lowest BCUT2D eigenvalue weighted by molar-refractivity contribution is 0.152. The third-order valence-electron chi connectivity index (χ3n) is 4.46. The van der Waals surface area contributed by atoms with E-state index in [1.165, 1.54) is 0 Å². The van der Waals surface area contributed by atoms with E-state index < -0.39 is 0 Å². The van der Waals surface area contributed by atoms with Gasteiger partial charge >= 0.3 is 0 Å². The van der Waals surface area contributed by atoms with E-state index >= 15 is 0 Å². The molecule has 2 rings (SSSR count). The standard InChI is InChI=1S/C19H34N6O.HI/c1-4-20-19(21-9-14-26-6-3)23-16-17-7-8-18(22-15-17)25-12-10-24(5-2)11-13-25;/h7-8,15H,4-6,9-14,16H2,1-3H3,(H2,20,21,23);1H. The molecule has 1 saturated heterocycles. The maximum atomic E-state index is 5.35. The second-order valence-electron chi connectivity index (χ2n) is 6.26. The summed E-state index contributed by atoms with van der Waals surface area (Å²) in [4.78, 5) is 14.1. The number of pyridine rings is 1. The monoisotopic (exact) mass is 490 g/mol. The largest absolute Gasteiger partial charge is 0.380 e. The Morgan fingerprint density at radius 2 is 1.93 bits per heavy atom. The molecule has 1 aromatic rings. The van der Waals surface area contributed by atoms with E-state index in [0.717, 1.165) is 69.8 Å². The number of hydrogen-bond acceptors (Lipinski definition) is 5. The van der Waals surface area contributed by atoms with Gasteiger partial charge in [-0.15, -0.1) is 24.0 Å². The van der Waals surface area contributed by atoms with Crippen LogP contribution in [0.15, 0.2) is 23.3 Å². The van der Waals surface area contributed by atoms with Crippen molar-refractivity contribution >= 4 is 35.8 Å². The number of likely N-dealkylation sites (N-methyl/N-ethyl adjacent to an activating group) is 1. The lowest BCUT2D eigenvalue weighted by Gasteiger charge is -2.34. The van der Waals surface area contributed by atoms with Crippen molar-refractivity contribution in [3.05, 3.63) is 23.9 Å². The topological polar surface area (TPSA) is 65.0 Å². The molecule has 1 fully saturated rings. The first kappa shape index (κ1) is 23.9. The molecule has 0 atom stereocenters. The van der Waals surface area contributed by atoms with Gasteiger partial charge in [-0.1, -0.05) is 13.0 Å². The van der Waals surface area contributed by atoms with Gasteiger partial charge in [0.05, 0.1) is 13.2 Å². The van der Waals surface area contributed by atoms with Crippen LogP contribution in [0.4, 0.5) is 5.82 Å². The second kappa shape index (κ2) is 14.0. The molecule has 0 saturated carbocycles. The zero-order valence-electron chi connectivity index (χ0n) is 16.9. The molecule has 8 heteroatoms. The highest BCUT2D eigenvalue weighted by Gasteiger charge is 2.16. The average molecular weight is 490 g/mol. The lowest BCUT2D eigenvalue weighted by atomic mass is 10.2. The van der Waals surface area contributed by atoms with Crippen LogP contribution in [0.5, 0.6) is 0 Å². The number of guanidine groups is 1. The van der Waals surface area contributed by atoms with Crippen molar-refractivity contribution in [2.45, 2.75) is 27.3 Å². The molecular weight excluding hydrogens is 455 g/mol. The third-order valence-corrected chi connectivity index (χ3v) is 4.46. The van der Waals surface area contributed by atoms with Gasteiger partial charge < -0.3 is 25.2 Å². The highest BCUT2D eigenvalue weighted by Crippen LogP contribution is 2.14. The number of piperazine rings is 1. The molecule has 154 valence electrons. The van der Waals surface area contributed by atoms with Gasteiger partial charge in [0.2, 0.25) is 0 Å². The molecule has 0 aliphatic carbocycles. The minimum atomic E-state index is 0. The summed E-state index contributed by atoms with van der Waals surface area (Å²) in [5.41, 5.74) is 1.11. The molecule has 0 bridgehead atoms. The molecule has 1 aromatic heterocycles. The molecule has 0 aromatic carbocycles. The van der Waals surface area contributed by atoms with Crippen molar-refractivity contribution < 1.29 is 4.74 Å².